The van der Waals surface area contributed by atoms with Crippen molar-refractivity contribution in [2.45, 2.75) is 39.4 Å². The summed E-state index contributed by atoms with van der Waals surface area (Å²) in [5.41, 5.74) is -0.784. The predicted octanol–water partition coefficient (Wildman–Crippen LogP) is 2.30. The van der Waals surface area contributed by atoms with E-state index in [1.54, 1.807) is 4.90 Å². The highest BCUT2D eigenvalue weighted by Crippen LogP contribution is 2.29. The summed E-state index contributed by atoms with van der Waals surface area (Å²) in [6, 6.07) is 1.79. The Bertz CT molecular complexity index is 662. The Hall–Kier alpha value is -2.32. The van der Waals surface area contributed by atoms with E-state index in [0.717, 1.165) is 12.3 Å². The second-order valence-corrected chi connectivity index (χ2v) is 6.99. The molecule has 2 rings (SSSR count). The third-order valence-electron chi connectivity index (χ3n) is 4.50. The van der Waals surface area contributed by atoms with Crippen LogP contribution >= 0.6 is 0 Å². The summed E-state index contributed by atoms with van der Waals surface area (Å²) in [6.07, 6.45) is -2.92. The number of carbonyl (C=O) groups is 2. The lowest BCUT2D eigenvalue weighted by atomic mass is 10.0. The minimum Gasteiger partial charge on any atom is -0.355 e. The van der Waals surface area contributed by atoms with Crippen molar-refractivity contribution in [2.24, 2.45) is 5.92 Å². The maximum Gasteiger partial charge on any atom is 0.417 e. The Labute approximate surface area is 156 Å². The molecule has 2 amide bonds. The number of carbonyl (C=O) groups excluding carboxylic acids is 2. The summed E-state index contributed by atoms with van der Waals surface area (Å²) >= 11 is 0. The van der Waals surface area contributed by atoms with Crippen LogP contribution in [0.1, 0.15) is 32.8 Å². The maximum absolute atomic E-state index is 12.8. The molecule has 1 N–H and O–H groups in total. The molecule has 150 valence electrons. The van der Waals surface area contributed by atoms with Gasteiger partial charge in [0, 0.05) is 39.3 Å². The van der Waals surface area contributed by atoms with Crippen LogP contribution in [0.15, 0.2) is 18.3 Å². The molecule has 1 saturated heterocycles. The monoisotopic (exact) mass is 386 g/mol. The molecule has 1 unspecified atom stereocenters. The van der Waals surface area contributed by atoms with Gasteiger partial charge >= 0.3 is 6.18 Å². The molecule has 1 aromatic rings. The van der Waals surface area contributed by atoms with Crippen molar-refractivity contribution in [1.29, 1.82) is 0 Å². The van der Waals surface area contributed by atoms with E-state index in [1.165, 1.54) is 13.0 Å². The number of nitrogens with zero attached hydrogens (tertiary/aromatic N) is 3. The topological polar surface area (TPSA) is 65.5 Å². The van der Waals surface area contributed by atoms with Crippen molar-refractivity contribution >= 4 is 17.6 Å². The molecule has 0 saturated carbocycles. The van der Waals surface area contributed by atoms with E-state index in [1.807, 2.05) is 18.7 Å². The summed E-state index contributed by atoms with van der Waals surface area (Å²) in [5, 5.41) is 2.70. The summed E-state index contributed by atoms with van der Waals surface area (Å²) in [7, 11) is 0. The first-order valence-corrected chi connectivity index (χ1v) is 8.93. The first-order chi connectivity index (χ1) is 12.6. The lowest BCUT2D eigenvalue weighted by molar-refractivity contribution is -0.138. The van der Waals surface area contributed by atoms with Crippen molar-refractivity contribution in [1.82, 2.24) is 15.2 Å². The van der Waals surface area contributed by atoms with Gasteiger partial charge in [-0.25, -0.2) is 4.98 Å². The first-order valence-electron chi connectivity index (χ1n) is 8.93. The quantitative estimate of drug-likeness (QED) is 0.863. The molecule has 1 aliphatic heterocycles. The van der Waals surface area contributed by atoms with E-state index in [2.05, 4.69) is 10.3 Å². The lowest BCUT2D eigenvalue weighted by Crippen LogP contribution is -2.51. The van der Waals surface area contributed by atoms with Gasteiger partial charge in [0.1, 0.15) is 11.9 Å². The zero-order valence-electron chi connectivity index (χ0n) is 15.7. The van der Waals surface area contributed by atoms with Crippen LogP contribution in [0.3, 0.4) is 0 Å². The van der Waals surface area contributed by atoms with Crippen molar-refractivity contribution < 1.29 is 22.8 Å². The molecule has 2 heterocycles. The van der Waals surface area contributed by atoms with Gasteiger partial charge in [0.25, 0.3) is 0 Å². The normalized spacial score (nSPS) is 16.9. The zero-order valence-corrected chi connectivity index (χ0v) is 15.7. The number of halogens is 3. The average molecular weight is 386 g/mol. The minimum atomic E-state index is -4.41. The first kappa shape index (κ1) is 21.0. The number of hydrogen-bond donors (Lipinski definition) is 1. The molecule has 0 aliphatic carbocycles. The molecule has 0 aromatic carbocycles. The number of alkyl halides is 3. The molecule has 6 nitrogen and oxygen atoms in total. The second-order valence-electron chi connectivity index (χ2n) is 6.99. The molecule has 9 heteroatoms. The summed E-state index contributed by atoms with van der Waals surface area (Å²) in [6.45, 7) is 7.12. The van der Waals surface area contributed by atoms with Gasteiger partial charge in [-0.2, -0.15) is 13.2 Å². The van der Waals surface area contributed by atoms with E-state index in [4.69, 9.17) is 0 Å². The van der Waals surface area contributed by atoms with Gasteiger partial charge in [0.15, 0.2) is 0 Å². The summed E-state index contributed by atoms with van der Waals surface area (Å²) in [5.74, 6) is 0.0202. The molecule has 1 aliphatic rings. The van der Waals surface area contributed by atoms with Crippen LogP contribution in [0.25, 0.3) is 0 Å². The van der Waals surface area contributed by atoms with Gasteiger partial charge < -0.3 is 15.1 Å². The van der Waals surface area contributed by atoms with Gasteiger partial charge in [-0.15, -0.1) is 0 Å². The summed E-state index contributed by atoms with van der Waals surface area (Å²) < 4.78 is 38.0. The van der Waals surface area contributed by atoms with Gasteiger partial charge in [0.2, 0.25) is 11.8 Å². The van der Waals surface area contributed by atoms with Gasteiger partial charge in [-0.1, -0.05) is 13.8 Å². The smallest absolute Gasteiger partial charge is 0.355 e. The number of pyridine rings is 1. The third-order valence-corrected chi connectivity index (χ3v) is 4.50. The molecule has 0 bridgehead atoms. The molecular weight excluding hydrogens is 361 g/mol. The standard InChI is InChI=1S/C18H25F3N4O2/c1-12(2)16(23-13(3)26)17(27)25-8-4-7-24(9-10-25)15-6-5-14(11-22-15)18(19,20)21/h5-6,11-12,16H,4,7-10H2,1-3H3,(H,23,26). The molecular formula is C18H25F3N4O2. The average Bonchev–Trinajstić information content (AvgIpc) is 2.84. The van der Waals surface area contributed by atoms with Crippen molar-refractivity contribution in [3.05, 3.63) is 23.9 Å². The van der Waals surface area contributed by atoms with E-state index in [-0.39, 0.29) is 17.7 Å². The Balaban J connectivity index is 2.04. The molecule has 0 spiro atoms. The van der Waals surface area contributed by atoms with Crippen LogP contribution in [0, 0.1) is 5.92 Å². The molecule has 27 heavy (non-hydrogen) atoms. The largest absolute Gasteiger partial charge is 0.417 e. The fourth-order valence-corrected chi connectivity index (χ4v) is 3.04. The molecule has 1 atom stereocenters. The van der Waals surface area contributed by atoms with Gasteiger partial charge in [0.05, 0.1) is 5.56 Å². The Morgan fingerprint density at radius 3 is 2.37 bits per heavy atom. The predicted molar refractivity (Wildman–Crippen MR) is 95.1 cm³/mol. The lowest BCUT2D eigenvalue weighted by Gasteiger charge is -2.29. The Morgan fingerprint density at radius 1 is 1.15 bits per heavy atom. The maximum atomic E-state index is 12.8. The van der Waals surface area contributed by atoms with E-state index in [0.29, 0.717) is 38.4 Å². The highest BCUT2D eigenvalue weighted by Gasteiger charge is 2.32. The third kappa shape index (κ3) is 5.58. The fraction of sp³-hybridized carbons (Fsp3) is 0.611. The highest BCUT2D eigenvalue weighted by atomic mass is 19.4. The van der Waals surface area contributed by atoms with E-state index >= 15 is 0 Å². The van der Waals surface area contributed by atoms with Crippen LogP contribution in [-0.2, 0) is 15.8 Å². The number of anilines is 1. The van der Waals surface area contributed by atoms with Crippen LogP contribution in [0.4, 0.5) is 19.0 Å². The number of aromatic nitrogens is 1. The van der Waals surface area contributed by atoms with Crippen molar-refractivity contribution in [2.75, 3.05) is 31.1 Å². The summed E-state index contributed by atoms with van der Waals surface area (Å²) in [4.78, 5) is 31.6. The zero-order chi connectivity index (χ0) is 20.2. The minimum absolute atomic E-state index is 0.0441. The number of amides is 2. The fourth-order valence-electron chi connectivity index (χ4n) is 3.04. The van der Waals surface area contributed by atoms with Crippen LogP contribution < -0.4 is 10.2 Å². The Kier molecular flexibility index (Phi) is 6.67. The SMILES string of the molecule is CC(=O)NC(C(=O)N1CCCN(c2ccc(C(F)(F)F)cn2)CC1)C(C)C. The number of rotatable bonds is 4. The van der Waals surface area contributed by atoms with Crippen LogP contribution in [-0.4, -0.2) is 53.9 Å². The van der Waals surface area contributed by atoms with E-state index in [9.17, 15) is 22.8 Å². The Morgan fingerprint density at radius 2 is 1.85 bits per heavy atom. The van der Waals surface area contributed by atoms with Gasteiger partial charge in [-0.05, 0) is 24.5 Å². The number of nitrogens with one attached hydrogen (secondary N) is 1. The van der Waals surface area contributed by atoms with Crippen LogP contribution in [0.5, 0.6) is 0 Å². The van der Waals surface area contributed by atoms with Crippen molar-refractivity contribution in [3.63, 3.8) is 0 Å². The van der Waals surface area contributed by atoms with E-state index < -0.39 is 17.8 Å². The number of hydrogen-bond acceptors (Lipinski definition) is 4. The molecule has 1 fully saturated rings. The van der Waals surface area contributed by atoms with Gasteiger partial charge in [-0.3, -0.25) is 9.59 Å². The molecule has 1 aromatic heterocycles. The highest BCUT2D eigenvalue weighted by molar-refractivity contribution is 5.87. The van der Waals surface area contributed by atoms with Crippen LogP contribution in [0.2, 0.25) is 0 Å². The molecule has 0 radical (unpaired) electrons. The van der Waals surface area contributed by atoms with Crippen molar-refractivity contribution in [3.8, 4) is 0 Å². The second kappa shape index (κ2) is 8.58.